The van der Waals surface area contributed by atoms with E-state index in [0.29, 0.717) is 5.76 Å². The first-order chi connectivity index (χ1) is 19.8. The van der Waals surface area contributed by atoms with E-state index in [4.69, 9.17) is 19.0 Å². The number of rotatable bonds is 7. The highest BCUT2D eigenvalue weighted by Gasteiger charge is 2.27. The van der Waals surface area contributed by atoms with E-state index in [-0.39, 0.29) is 0 Å². The van der Waals surface area contributed by atoms with E-state index in [1.54, 1.807) is 18.8 Å². The van der Waals surface area contributed by atoms with Crippen molar-refractivity contribution in [1.29, 1.82) is 0 Å². The Morgan fingerprint density at radius 3 is 2.50 bits per heavy atom. The van der Waals surface area contributed by atoms with Gasteiger partial charge in [0.15, 0.2) is 17.3 Å². The van der Waals surface area contributed by atoms with Crippen LogP contribution in [0, 0.1) is 0 Å². The lowest BCUT2D eigenvalue weighted by Crippen LogP contribution is -2.49. The van der Waals surface area contributed by atoms with Crippen molar-refractivity contribution < 1.29 is 13.9 Å². The van der Waals surface area contributed by atoms with Gasteiger partial charge >= 0.3 is 0 Å². The van der Waals surface area contributed by atoms with Crippen molar-refractivity contribution in [3.05, 3.63) is 102 Å². The van der Waals surface area contributed by atoms with Crippen LogP contribution < -0.4 is 0 Å². The third-order valence-corrected chi connectivity index (χ3v) is 8.50. The molecule has 4 heterocycles. The Labute approximate surface area is 235 Å². The van der Waals surface area contributed by atoms with Crippen molar-refractivity contribution in [1.82, 2.24) is 19.6 Å². The molecule has 1 saturated heterocycles. The second-order valence-corrected chi connectivity index (χ2v) is 11.1. The molecule has 7 nitrogen and oxygen atoms in total. The highest BCUT2D eigenvalue weighted by molar-refractivity contribution is 5.63. The fourth-order valence-corrected chi connectivity index (χ4v) is 6.25. The third kappa shape index (κ3) is 5.31. The Kier molecular flexibility index (Phi) is 7.15. The fraction of sp³-hybridized carbons (Fsp3) is 0.364. The van der Waals surface area contributed by atoms with Crippen LogP contribution in [0.2, 0.25) is 0 Å². The maximum Gasteiger partial charge on any atom is 0.169 e. The number of benzene rings is 1. The molecule has 3 aromatic rings. The van der Waals surface area contributed by atoms with Gasteiger partial charge in [-0.1, -0.05) is 31.1 Å². The molecule has 0 radical (unpaired) electrons. The standard InChI is InChI=1S/C33H36N4O3/c1-2-7-25(8-3-1)31-23-38-24-32(40-31)26-12-14-29(15-13-26)37-22-27(33(34-37)30-11-6-20-39-30)21-35-16-18-36(19-17-35)28-9-4-5-10-28/h1-2,6-7,11-15,20,22-24,28H,3-5,8-10,16-19,21H2. The average Bonchev–Trinajstić information content (AvgIpc) is 3.81. The zero-order chi connectivity index (χ0) is 26.7. The summed E-state index contributed by atoms with van der Waals surface area (Å²) in [6, 6.07) is 13.0. The second-order valence-electron chi connectivity index (χ2n) is 11.1. The van der Waals surface area contributed by atoms with Crippen LogP contribution in [0.4, 0.5) is 0 Å². The molecular formula is C33H36N4O3. The molecule has 0 spiro atoms. The summed E-state index contributed by atoms with van der Waals surface area (Å²) in [6.45, 7) is 5.36. The minimum atomic E-state index is 0.702. The summed E-state index contributed by atoms with van der Waals surface area (Å²) in [5, 5.41) is 4.97. The van der Waals surface area contributed by atoms with Gasteiger partial charge in [0, 0.05) is 56.1 Å². The molecule has 40 heavy (non-hydrogen) atoms. The number of hydrogen-bond acceptors (Lipinski definition) is 6. The van der Waals surface area contributed by atoms with E-state index in [0.717, 1.165) is 85.6 Å². The molecule has 7 heteroatoms. The Hall–Kier alpha value is -3.81. The molecule has 1 saturated carbocycles. The molecule has 0 N–H and O–H groups in total. The Bertz CT molecular complexity index is 1430. The van der Waals surface area contributed by atoms with Crippen LogP contribution >= 0.6 is 0 Å². The molecular weight excluding hydrogens is 500 g/mol. The first-order valence-corrected chi connectivity index (χ1v) is 14.6. The first kappa shape index (κ1) is 25.2. The van der Waals surface area contributed by atoms with Crippen molar-refractivity contribution >= 4 is 5.76 Å². The molecule has 1 aromatic carbocycles. The maximum atomic E-state index is 6.21. The van der Waals surface area contributed by atoms with Gasteiger partial charge < -0.3 is 13.9 Å². The van der Waals surface area contributed by atoms with Crippen molar-refractivity contribution in [2.75, 3.05) is 26.2 Å². The quantitative estimate of drug-likeness (QED) is 0.337. The molecule has 2 aromatic heterocycles. The van der Waals surface area contributed by atoms with Crippen LogP contribution in [0.25, 0.3) is 22.9 Å². The SMILES string of the molecule is C1=CCCC(C2=COC=C(c3ccc(-n4cc(CN5CCN(C6CCCC6)CC5)c(-c5ccco5)n4)cc3)O2)=C1. The number of ether oxygens (including phenoxy) is 2. The minimum absolute atomic E-state index is 0.702. The third-order valence-electron chi connectivity index (χ3n) is 8.50. The summed E-state index contributed by atoms with van der Waals surface area (Å²) >= 11 is 0. The van der Waals surface area contributed by atoms with Gasteiger partial charge in [0.05, 0.1) is 12.0 Å². The lowest BCUT2D eigenvalue weighted by atomic mass is 10.0. The van der Waals surface area contributed by atoms with Crippen molar-refractivity contribution in [2.24, 2.45) is 0 Å². The summed E-state index contributed by atoms with van der Waals surface area (Å²) in [5.74, 6) is 2.28. The smallest absolute Gasteiger partial charge is 0.169 e. The number of nitrogens with zero attached hydrogens (tertiary/aromatic N) is 4. The highest BCUT2D eigenvalue weighted by Crippen LogP contribution is 2.32. The minimum Gasteiger partial charge on any atom is -0.465 e. The molecule has 0 unspecified atom stereocenters. The van der Waals surface area contributed by atoms with Crippen LogP contribution in [-0.2, 0) is 16.0 Å². The Balaban J connectivity index is 1.06. The van der Waals surface area contributed by atoms with Crippen LogP contribution in [0.5, 0.6) is 0 Å². The number of furan rings is 1. The topological polar surface area (TPSA) is 55.9 Å². The number of hydrogen-bond donors (Lipinski definition) is 0. The molecule has 0 bridgehead atoms. The Morgan fingerprint density at radius 1 is 0.925 bits per heavy atom. The molecule has 0 amide bonds. The van der Waals surface area contributed by atoms with Gasteiger partial charge in [-0.15, -0.1) is 0 Å². The molecule has 0 atom stereocenters. The van der Waals surface area contributed by atoms with Gasteiger partial charge in [0.2, 0.25) is 0 Å². The lowest BCUT2D eigenvalue weighted by molar-refractivity contribution is 0.0938. The lowest BCUT2D eigenvalue weighted by Gasteiger charge is -2.38. The van der Waals surface area contributed by atoms with E-state index in [9.17, 15) is 0 Å². The Morgan fingerprint density at radius 2 is 1.75 bits per heavy atom. The summed E-state index contributed by atoms with van der Waals surface area (Å²) in [6.07, 6.45) is 21.0. The van der Waals surface area contributed by atoms with Gasteiger partial charge in [-0.3, -0.25) is 9.80 Å². The van der Waals surface area contributed by atoms with Gasteiger partial charge in [0.1, 0.15) is 18.2 Å². The van der Waals surface area contributed by atoms with E-state index in [1.807, 2.05) is 16.8 Å². The zero-order valence-electron chi connectivity index (χ0n) is 22.9. The van der Waals surface area contributed by atoms with Crippen LogP contribution in [-0.4, -0.2) is 51.8 Å². The maximum absolute atomic E-state index is 6.21. The normalized spacial score (nSPS) is 20.6. The van der Waals surface area contributed by atoms with E-state index in [2.05, 4.69) is 58.5 Å². The van der Waals surface area contributed by atoms with Gasteiger partial charge in [-0.05, 0) is 67.7 Å². The van der Waals surface area contributed by atoms with Crippen LogP contribution in [0.3, 0.4) is 0 Å². The highest BCUT2D eigenvalue weighted by atomic mass is 16.5. The van der Waals surface area contributed by atoms with Gasteiger partial charge in [-0.2, -0.15) is 5.10 Å². The van der Waals surface area contributed by atoms with Crippen molar-refractivity contribution in [3.8, 4) is 17.1 Å². The van der Waals surface area contributed by atoms with Crippen LogP contribution in [0.1, 0.15) is 49.7 Å². The van der Waals surface area contributed by atoms with E-state index < -0.39 is 0 Å². The molecule has 7 rings (SSSR count). The number of allylic oxidation sites excluding steroid dienone is 4. The van der Waals surface area contributed by atoms with Crippen molar-refractivity contribution in [3.63, 3.8) is 0 Å². The average molecular weight is 537 g/mol. The van der Waals surface area contributed by atoms with Crippen molar-refractivity contribution in [2.45, 2.75) is 51.1 Å². The summed E-state index contributed by atoms with van der Waals surface area (Å²) in [5.41, 5.74) is 5.19. The predicted octanol–water partition coefficient (Wildman–Crippen LogP) is 6.66. The molecule has 2 aliphatic heterocycles. The zero-order valence-corrected chi connectivity index (χ0v) is 22.9. The molecule has 4 aliphatic rings. The first-order valence-electron chi connectivity index (χ1n) is 14.6. The molecule has 2 aliphatic carbocycles. The fourth-order valence-electron chi connectivity index (χ4n) is 6.25. The molecule has 2 fully saturated rings. The summed E-state index contributed by atoms with van der Waals surface area (Å²) in [7, 11) is 0. The number of piperazine rings is 1. The summed E-state index contributed by atoms with van der Waals surface area (Å²) < 4.78 is 19.6. The second kappa shape index (κ2) is 11.4. The van der Waals surface area contributed by atoms with E-state index in [1.165, 1.54) is 31.2 Å². The molecule has 206 valence electrons. The van der Waals surface area contributed by atoms with Gasteiger partial charge in [0.25, 0.3) is 0 Å². The number of aromatic nitrogens is 2. The monoisotopic (exact) mass is 536 g/mol. The van der Waals surface area contributed by atoms with Gasteiger partial charge in [-0.25, -0.2) is 4.68 Å². The predicted molar refractivity (Wildman–Crippen MR) is 155 cm³/mol. The van der Waals surface area contributed by atoms with E-state index >= 15 is 0 Å². The largest absolute Gasteiger partial charge is 0.465 e. The van der Waals surface area contributed by atoms with Crippen LogP contribution in [0.15, 0.2) is 95.4 Å². The summed E-state index contributed by atoms with van der Waals surface area (Å²) in [4.78, 5) is 5.26.